The molecule has 2 atom stereocenters. The lowest BCUT2D eigenvalue weighted by atomic mass is 9.73. The van der Waals surface area contributed by atoms with Crippen LogP contribution >= 0.6 is 0 Å². The van der Waals surface area contributed by atoms with Crippen LogP contribution in [0.4, 0.5) is 4.39 Å². The molecule has 5 nitrogen and oxygen atoms in total. The molecule has 0 fully saturated rings. The first-order chi connectivity index (χ1) is 14.0. The van der Waals surface area contributed by atoms with Crippen LogP contribution in [0, 0.1) is 5.82 Å². The quantitative estimate of drug-likeness (QED) is 0.854. The van der Waals surface area contributed by atoms with Crippen LogP contribution in [0.5, 0.6) is 11.5 Å². The van der Waals surface area contributed by atoms with E-state index in [1.54, 1.807) is 38.5 Å². The molecule has 4 rings (SSSR count). The summed E-state index contributed by atoms with van der Waals surface area (Å²) in [5.41, 5.74) is 2.95. The first-order valence-corrected chi connectivity index (χ1v) is 9.53. The minimum absolute atomic E-state index is 0.00421. The third-order valence-electron chi connectivity index (χ3n) is 5.69. The summed E-state index contributed by atoms with van der Waals surface area (Å²) in [5, 5.41) is 2.90. The van der Waals surface area contributed by atoms with E-state index in [0.717, 1.165) is 11.1 Å². The highest BCUT2D eigenvalue weighted by Crippen LogP contribution is 2.45. The van der Waals surface area contributed by atoms with E-state index in [9.17, 15) is 14.0 Å². The number of carbonyl (C=O) groups is 2. The number of halogens is 1. The second-order valence-corrected chi connectivity index (χ2v) is 7.38. The van der Waals surface area contributed by atoms with Gasteiger partial charge in [0.15, 0.2) is 5.78 Å². The van der Waals surface area contributed by atoms with Crippen LogP contribution in [0.1, 0.15) is 42.2 Å². The van der Waals surface area contributed by atoms with Crippen molar-refractivity contribution in [2.45, 2.75) is 31.1 Å². The van der Waals surface area contributed by atoms with Gasteiger partial charge in [-0.1, -0.05) is 12.1 Å². The van der Waals surface area contributed by atoms with Crippen molar-refractivity contribution < 1.29 is 23.5 Å². The van der Waals surface area contributed by atoms with Gasteiger partial charge in [0.1, 0.15) is 17.3 Å². The maximum atomic E-state index is 13.3. The van der Waals surface area contributed by atoms with Gasteiger partial charge in [0.25, 0.3) is 0 Å². The number of hydrogen-bond acceptors (Lipinski definition) is 4. The van der Waals surface area contributed by atoms with E-state index in [-0.39, 0.29) is 35.8 Å². The van der Waals surface area contributed by atoms with Gasteiger partial charge in [0.2, 0.25) is 5.91 Å². The van der Waals surface area contributed by atoms with Crippen molar-refractivity contribution in [1.29, 1.82) is 0 Å². The molecule has 0 saturated heterocycles. The number of carbonyl (C=O) groups excluding carboxylic acids is 2. The van der Waals surface area contributed by atoms with Crippen LogP contribution in [0.15, 0.2) is 53.7 Å². The Morgan fingerprint density at radius 1 is 0.966 bits per heavy atom. The maximum Gasteiger partial charge on any atom is 0.225 e. The summed E-state index contributed by atoms with van der Waals surface area (Å²) in [5.74, 6) is 0.333. The molecule has 0 radical (unpaired) electrons. The first-order valence-electron chi connectivity index (χ1n) is 9.53. The Labute approximate surface area is 168 Å². The van der Waals surface area contributed by atoms with Crippen molar-refractivity contribution in [1.82, 2.24) is 5.32 Å². The Morgan fingerprint density at radius 3 is 2.41 bits per heavy atom. The highest BCUT2D eigenvalue weighted by Gasteiger charge is 2.39. The largest absolute Gasteiger partial charge is 0.497 e. The number of ketones is 1. The van der Waals surface area contributed by atoms with Gasteiger partial charge in [-0.2, -0.15) is 0 Å². The van der Waals surface area contributed by atoms with Crippen LogP contribution in [0.25, 0.3) is 0 Å². The van der Waals surface area contributed by atoms with Crippen LogP contribution in [0.2, 0.25) is 0 Å². The Morgan fingerprint density at radius 2 is 1.72 bits per heavy atom. The minimum Gasteiger partial charge on any atom is -0.497 e. The summed E-state index contributed by atoms with van der Waals surface area (Å²) in [7, 11) is 3.14. The number of benzene rings is 2. The second kappa shape index (κ2) is 7.70. The second-order valence-electron chi connectivity index (χ2n) is 7.38. The fourth-order valence-electron chi connectivity index (χ4n) is 4.31. The predicted molar refractivity (Wildman–Crippen MR) is 105 cm³/mol. The fourth-order valence-corrected chi connectivity index (χ4v) is 4.31. The normalized spacial score (nSPS) is 21.5. The maximum absolute atomic E-state index is 13.3. The van der Waals surface area contributed by atoms with Crippen molar-refractivity contribution in [3.63, 3.8) is 0 Å². The highest BCUT2D eigenvalue weighted by atomic mass is 19.1. The zero-order valence-electron chi connectivity index (χ0n) is 16.3. The summed E-state index contributed by atoms with van der Waals surface area (Å²) >= 11 is 0. The number of ether oxygens (including phenoxy) is 2. The lowest BCUT2D eigenvalue weighted by Gasteiger charge is -2.35. The smallest absolute Gasteiger partial charge is 0.225 e. The van der Waals surface area contributed by atoms with Crippen LogP contribution in [0.3, 0.4) is 0 Å². The van der Waals surface area contributed by atoms with Gasteiger partial charge in [-0.05, 0) is 48.2 Å². The average Bonchev–Trinajstić information content (AvgIpc) is 2.72. The molecule has 0 aromatic heterocycles. The van der Waals surface area contributed by atoms with E-state index in [1.807, 2.05) is 6.07 Å². The molecule has 150 valence electrons. The molecule has 2 aliphatic rings. The third kappa shape index (κ3) is 3.62. The third-order valence-corrected chi connectivity index (χ3v) is 5.69. The Kier molecular flexibility index (Phi) is 5.09. The number of allylic oxidation sites excluding steroid dienone is 2. The molecule has 0 unspecified atom stereocenters. The van der Waals surface area contributed by atoms with Gasteiger partial charge >= 0.3 is 0 Å². The predicted octanol–water partition coefficient (Wildman–Crippen LogP) is 3.85. The molecular weight excluding hydrogens is 373 g/mol. The zero-order valence-corrected chi connectivity index (χ0v) is 16.3. The first kappa shape index (κ1) is 19.2. The summed E-state index contributed by atoms with van der Waals surface area (Å²) in [4.78, 5) is 25.6. The van der Waals surface area contributed by atoms with Crippen molar-refractivity contribution >= 4 is 11.7 Å². The van der Waals surface area contributed by atoms with E-state index in [4.69, 9.17) is 9.47 Å². The average molecular weight is 395 g/mol. The molecule has 1 aliphatic carbocycles. The highest BCUT2D eigenvalue weighted by molar-refractivity contribution is 6.02. The van der Waals surface area contributed by atoms with E-state index in [1.165, 1.54) is 12.1 Å². The number of Topliss-reactive ketones (excluding diaryl/α,β-unsaturated/α-hetero) is 1. The SMILES string of the molecule is COc1ccc(OC)c([C@H]2CC(=O)NC3=C2C(=O)C[C@H](c2ccc(F)cc2)C3)c1. The van der Waals surface area contributed by atoms with Crippen molar-refractivity contribution in [2.75, 3.05) is 14.2 Å². The lowest BCUT2D eigenvalue weighted by Crippen LogP contribution is -2.38. The fraction of sp³-hybridized carbons (Fsp3) is 0.304. The number of nitrogens with one attached hydrogen (secondary N) is 1. The van der Waals surface area contributed by atoms with Crippen LogP contribution in [-0.4, -0.2) is 25.9 Å². The molecule has 0 bridgehead atoms. The molecular formula is C23H22FNO4. The van der Waals surface area contributed by atoms with Gasteiger partial charge in [-0.3, -0.25) is 9.59 Å². The molecule has 2 aromatic carbocycles. The van der Waals surface area contributed by atoms with Gasteiger partial charge < -0.3 is 14.8 Å². The number of methoxy groups -OCH3 is 2. The van der Waals surface area contributed by atoms with E-state index in [2.05, 4.69) is 5.32 Å². The van der Waals surface area contributed by atoms with Crippen molar-refractivity contribution in [2.24, 2.45) is 0 Å². The van der Waals surface area contributed by atoms with Crippen LogP contribution in [-0.2, 0) is 9.59 Å². The molecule has 0 spiro atoms. The van der Waals surface area contributed by atoms with E-state index in [0.29, 0.717) is 35.6 Å². The molecule has 1 heterocycles. The molecule has 0 saturated carbocycles. The Balaban J connectivity index is 1.75. The van der Waals surface area contributed by atoms with Gasteiger partial charge in [0.05, 0.1) is 14.2 Å². The summed E-state index contributed by atoms with van der Waals surface area (Å²) in [6, 6.07) is 11.6. The van der Waals surface area contributed by atoms with Crippen molar-refractivity contribution in [3.8, 4) is 11.5 Å². The number of amides is 1. The van der Waals surface area contributed by atoms with E-state index >= 15 is 0 Å². The lowest BCUT2D eigenvalue weighted by molar-refractivity contribution is -0.122. The standard InChI is InChI=1S/C23H22FNO4/c1-28-16-7-8-21(29-2)17(11-16)18-12-22(27)25-19-9-14(10-20(26)23(18)19)13-3-5-15(24)6-4-13/h3-8,11,14,18H,9-10,12H2,1-2H3,(H,25,27)/t14-,18-/m1/s1. The molecule has 1 N–H and O–H groups in total. The Hall–Kier alpha value is -3.15. The van der Waals surface area contributed by atoms with Crippen molar-refractivity contribution in [3.05, 3.63) is 70.7 Å². The zero-order chi connectivity index (χ0) is 20.5. The monoisotopic (exact) mass is 395 g/mol. The molecule has 2 aromatic rings. The van der Waals surface area contributed by atoms with E-state index < -0.39 is 0 Å². The van der Waals surface area contributed by atoms with Crippen LogP contribution < -0.4 is 14.8 Å². The molecule has 29 heavy (non-hydrogen) atoms. The number of hydrogen-bond donors (Lipinski definition) is 1. The summed E-state index contributed by atoms with van der Waals surface area (Å²) < 4.78 is 24.1. The Bertz CT molecular complexity index is 996. The summed E-state index contributed by atoms with van der Waals surface area (Å²) in [6.07, 6.45) is 1.03. The van der Waals surface area contributed by atoms with Gasteiger partial charge in [-0.15, -0.1) is 0 Å². The van der Waals surface area contributed by atoms with Gasteiger partial charge in [-0.25, -0.2) is 4.39 Å². The molecule has 1 amide bonds. The van der Waals surface area contributed by atoms with Gasteiger partial charge in [0, 0.05) is 35.6 Å². The minimum atomic E-state index is -0.384. The summed E-state index contributed by atoms with van der Waals surface area (Å²) in [6.45, 7) is 0. The number of rotatable bonds is 4. The molecule has 6 heteroatoms. The molecule has 1 aliphatic heterocycles. The topological polar surface area (TPSA) is 64.6 Å².